The molecule has 0 unspecified atom stereocenters. The van der Waals surface area contributed by atoms with Gasteiger partial charge in [0.05, 0.1) is 42.4 Å². The van der Waals surface area contributed by atoms with Crippen LogP contribution in [0.2, 0.25) is 0 Å². The first-order valence-corrected chi connectivity index (χ1v) is 9.61. The van der Waals surface area contributed by atoms with Gasteiger partial charge in [0.2, 0.25) is 5.95 Å². The third kappa shape index (κ3) is 3.48. The van der Waals surface area contributed by atoms with Crippen LogP contribution in [0.3, 0.4) is 0 Å². The van der Waals surface area contributed by atoms with E-state index in [9.17, 15) is 4.79 Å². The summed E-state index contributed by atoms with van der Waals surface area (Å²) in [6.45, 7) is 2.34. The summed E-state index contributed by atoms with van der Waals surface area (Å²) in [4.78, 5) is 23.6. The number of rotatable bonds is 4. The van der Waals surface area contributed by atoms with Crippen LogP contribution in [-0.4, -0.2) is 66.6 Å². The number of hydrogen-bond acceptors (Lipinski definition) is 7. The minimum atomic E-state index is -0.00910. The van der Waals surface area contributed by atoms with Crippen LogP contribution in [0.15, 0.2) is 49.1 Å². The van der Waals surface area contributed by atoms with Gasteiger partial charge in [-0.2, -0.15) is 15.2 Å². The lowest BCUT2D eigenvalue weighted by atomic mass is 10.1. The quantitative estimate of drug-likeness (QED) is 0.553. The maximum absolute atomic E-state index is 12.8. The van der Waals surface area contributed by atoms with Crippen LogP contribution in [0.25, 0.3) is 16.7 Å². The second kappa shape index (κ2) is 7.56. The fraction of sp³-hybridized carbons (Fsp3) is 0.250. The first kappa shape index (κ1) is 18.3. The molecule has 1 saturated heterocycles. The molecule has 0 atom stereocenters. The van der Waals surface area contributed by atoms with Gasteiger partial charge in [-0.3, -0.25) is 9.48 Å². The van der Waals surface area contributed by atoms with E-state index >= 15 is 0 Å². The molecule has 10 heteroatoms. The monoisotopic (exact) mass is 404 g/mol. The number of nitrogens with one attached hydrogen (secondary N) is 1. The van der Waals surface area contributed by atoms with E-state index in [1.807, 2.05) is 42.4 Å². The van der Waals surface area contributed by atoms with Crippen molar-refractivity contribution in [2.24, 2.45) is 7.05 Å². The highest BCUT2D eigenvalue weighted by Crippen LogP contribution is 2.20. The number of aromatic nitrogens is 6. The fourth-order valence-electron chi connectivity index (χ4n) is 3.40. The molecule has 3 aromatic heterocycles. The summed E-state index contributed by atoms with van der Waals surface area (Å²) in [5, 5.41) is 12.5. The van der Waals surface area contributed by atoms with Crippen molar-refractivity contribution >= 4 is 28.6 Å². The van der Waals surface area contributed by atoms with Crippen molar-refractivity contribution < 1.29 is 9.53 Å². The Kier molecular flexibility index (Phi) is 4.60. The number of morpholine rings is 1. The molecule has 4 aromatic rings. The molecule has 5 rings (SSSR count). The van der Waals surface area contributed by atoms with Crippen molar-refractivity contribution in [2.75, 3.05) is 31.6 Å². The zero-order chi connectivity index (χ0) is 20.5. The van der Waals surface area contributed by atoms with Crippen molar-refractivity contribution in [1.29, 1.82) is 0 Å². The molecular formula is C20H20N8O2. The molecule has 0 saturated carbocycles. The highest BCUT2D eigenvalue weighted by atomic mass is 16.5. The molecule has 10 nitrogen and oxygen atoms in total. The van der Waals surface area contributed by atoms with E-state index in [0.29, 0.717) is 43.5 Å². The summed E-state index contributed by atoms with van der Waals surface area (Å²) in [7, 11) is 1.84. The van der Waals surface area contributed by atoms with Crippen molar-refractivity contribution in [1.82, 2.24) is 34.4 Å². The summed E-state index contributed by atoms with van der Waals surface area (Å²) < 4.78 is 8.74. The number of amides is 1. The third-order valence-corrected chi connectivity index (χ3v) is 4.91. The van der Waals surface area contributed by atoms with Crippen LogP contribution in [-0.2, 0) is 11.8 Å². The molecule has 30 heavy (non-hydrogen) atoms. The highest BCUT2D eigenvalue weighted by molar-refractivity contribution is 5.95. The van der Waals surface area contributed by atoms with Gasteiger partial charge in [-0.05, 0) is 18.2 Å². The first-order chi connectivity index (χ1) is 14.7. The largest absolute Gasteiger partial charge is 0.378 e. The van der Waals surface area contributed by atoms with Crippen molar-refractivity contribution in [2.45, 2.75) is 0 Å². The summed E-state index contributed by atoms with van der Waals surface area (Å²) in [6.07, 6.45) is 6.96. The lowest BCUT2D eigenvalue weighted by Crippen LogP contribution is -2.40. The van der Waals surface area contributed by atoms with Crippen LogP contribution in [0.1, 0.15) is 10.4 Å². The van der Waals surface area contributed by atoms with Crippen LogP contribution >= 0.6 is 0 Å². The van der Waals surface area contributed by atoms with Crippen LogP contribution in [0.4, 0.5) is 11.6 Å². The van der Waals surface area contributed by atoms with Gasteiger partial charge >= 0.3 is 0 Å². The molecule has 0 spiro atoms. The third-order valence-electron chi connectivity index (χ3n) is 4.91. The molecule has 1 aliphatic heterocycles. The van der Waals surface area contributed by atoms with Gasteiger partial charge in [-0.25, -0.2) is 9.67 Å². The zero-order valence-electron chi connectivity index (χ0n) is 16.4. The maximum Gasteiger partial charge on any atom is 0.254 e. The van der Waals surface area contributed by atoms with E-state index in [4.69, 9.17) is 4.74 Å². The Morgan fingerprint density at radius 2 is 2.00 bits per heavy atom. The molecule has 0 radical (unpaired) electrons. The minimum Gasteiger partial charge on any atom is -0.378 e. The smallest absolute Gasteiger partial charge is 0.254 e. The zero-order valence-corrected chi connectivity index (χ0v) is 16.4. The van der Waals surface area contributed by atoms with Gasteiger partial charge in [-0.1, -0.05) is 6.07 Å². The lowest BCUT2D eigenvalue weighted by Gasteiger charge is -2.27. The lowest BCUT2D eigenvalue weighted by molar-refractivity contribution is 0.0303. The molecule has 1 aliphatic rings. The second-order valence-electron chi connectivity index (χ2n) is 7.01. The van der Waals surface area contributed by atoms with E-state index in [-0.39, 0.29) is 5.91 Å². The Labute approximate surface area is 172 Å². The van der Waals surface area contributed by atoms with Gasteiger partial charge in [-0.15, -0.1) is 0 Å². The van der Waals surface area contributed by atoms with Crippen molar-refractivity contribution in [3.05, 3.63) is 54.6 Å². The topological polar surface area (TPSA) is 103 Å². The van der Waals surface area contributed by atoms with E-state index in [1.165, 1.54) is 0 Å². The summed E-state index contributed by atoms with van der Waals surface area (Å²) >= 11 is 0. The molecule has 1 amide bonds. The van der Waals surface area contributed by atoms with Crippen molar-refractivity contribution in [3.63, 3.8) is 0 Å². The Hall–Kier alpha value is -3.79. The van der Waals surface area contributed by atoms with Crippen molar-refractivity contribution in [3.8, 4) is 5.69 Å². The molecule has 0 aliphatic carbocycles. The number of carbonyl (C=O) groups excluding carboxylic acids is 1. The Bertz CT molecular complexity index is 1210. The Morgan fingerprint density at radius 1 is 1.13 bits per heavy atom. The normalized spacial score (nSPS) is 14.2. The molecule has 1 N–H and O–H groups in total. The molecular weight excluding hydrogens is 384 g/mol. The number of aryl methyl sites for hydroxylation is 1. The van der Waals surface area contributed by atoms with Gasteiger partial charge in [0, 0.05) is 38.1 Å². The van der Waals surface area contributed by atoms with E-state index in [0.717, 1.165) is 16.8 Å². The van der Waals surface area contributed by atoms with E-state index < -0.39 is 0 Å². The predicted octanol–water partition coefficient (Wildman–Crippen LogP) is 1.76. The van der Waals surface area contributed by atoms with Crippen LogP contribution < -0.4 is 5.32 Å². The standard InChI is InChI=1S/C20H20N8O2/c1-26-13-16(12-22-26)24-20-21-10-15-11-23-28(18(15)25-20)17-4-2-3-14(9-17)19(29)27-5-7-30-8-6-27/h2-4,9-13H,5-8H2,1H3,(H,21,24,25). The molecule has 1 aromatic carbocycles. The van der Waals surface area contributed by atoms with E-state index in [1.54, 1.807) is 28.0 Å². The van der Waals surface area contributed by atoms with Crippen LogP contribution in [0.5, 0.6) is 0 Å². The summed E-state index contributed by atoms with van der Waals surface area (Å²) in [6, 6.07) is 7.41. The number of nitrogens with zero attached hydrogens (tertiary/aromatic N) is 7. The highest BCUT2D eigenvalue weighted by Gasteiger charge is 2.19. The average molecular weight is 404 g/mol. The first-order valence-electron chi connectivity index (χ1n) is 9.61. The number of ether oxygens (including phenoxy) is 1. The molecule has 1 fully saturated rings. The Balaban J connectivity index is 1.47. The number of fused-ring (bicyclic) bond motifs is 1. The maximum atomic E-state index is 12.8. The number of hydrogen-bond donors (Lipinski definition) is 1. The molecule has 0 bridgehead atoms. The number of carbonyl (C=O) groups is 1. The molecule has 4 heterocycles. The van der Waals surface area contributed by atoms with Gasteiger partial charge < -0.3 is 15.0 Å². The van der Waals surface area contributed by atoms with E-state index in [2.05, 4.69) is 25.5 Å². The summed E-state index contributed by atoms with van der Waals surface area (Å²) in [5.74, 6) is 0.433. The Morgan fingerprint density at radius 3 is 2.80 bits per heavy atom. The van der Waals surface area contributed by atoms with Gasteiger partial charge in [0.25, 0.3) is 5.91 Å². The summed E-state index contributed by atoms with van der Waals surface area (Å²) in [5.41, 5.74) is 2.81. The van der Waals surface area contributed by atoms with Gasteiger partial charge in [0.1, 0.15) is 0 Å². The van der Waals surface area contributed by atoms with Crippen LogP contribution in [0, 0.1) is 0 Å². The number of anilines is 2. The average Bonchev–Trinajstić information content (AvgIpc) is 3.39. The predicted molar refractivity (Wildman–Crippen MR) is 110 cm³/mol. The minimum absolute atomic E-state index is 0.00910. The fourth-order valence-corrected chi connectivity index (χ4v) is 3.40. The molecule has 152 valence electrons. The van der Waals surface area contributed by atoms with Gasteiger partial charge in [0.15, 0.2) is 5.65 Å². The SMILES string of the molecule is Cn1cc(Nc2ncc3cnn(-c4cccc(C(=O)N5CCOCC5)c4)c3n2)cn1. The second-order valence-corrected chi connectivity index (χ2v) is 7.01. The number of benzene rings is 1.